The van der Waals surface area contributed by atoms with E-state index in [4.69, 9.17) is 9.40 Å². The van der Waals surface area contributed by atoms with Gasteiger partial charge in [0, 0.05) is 27.8 Å². The number of para-hydroxylation sites is 1. The predicted molar refractivity (Wildman–Crippen MR) is 157 cm³/mol. The van der Waals surface area contributed by atoms with Gasteiger partial charge in [0.05, 0.1) is 5.69 Å². The number of benzene rings is 4. The highest BCUT2D eigenvalue weighted by Gasteiger charge is 2.21. The van der Waals surface area contributed by atoms with Gasteiger partial charge in [0.2, 0.25) is 5.88 Å². The van der Waals surface area contributed by atoms with Crippen LogP contribution in [-0.4, -0.2) is 10.9 Å². The van der Waals surface area contributed by atoms with E-state index in [9.17, 15) is 9.59 Å². The number of amides is 1. The molecule has 2 heterocycles. The second-order valence-corrected chi connectivity index (χ2v) is 10.2. The number of rotatable bonds is 6. The highest BCUT2D eigenvalue weighted by molar-refractivity contribution is 7.16. The van der Waals surface area contributed by atoms with Crippen LogP contribution in [0.5, 0.6) is 0 Å². The van der Waals surface area contributed by atoms with Crippen molar-refractivity contribution in [3.8, 4) is 33.7 Å². The van der Waals surface area contributed by atoms with Crippen LogP contribution in [0.15, 0.2) is 118 Å². The van der Waals surface area contributed by atoms with Gasteiger partial charge < -0.3 is 9.73 Å². The Labute approximate surface area is 229 Å². The summed E-state index contributed by atoms with van der Waals surface area (Å²) in [6.07, 6.45) is 0. The molecule has 0 fully saturated rings. The Hall–Kier alpha value is -5.01. The maximum absolute atomic E-state index is 13.5. The van der Waals surface area contributed by atoms with Gasteiger partial charge in [0.1, 0.15) is 11.3 Å². The Morgan fingerprint density at radius 3 is 2.15 bits per heavy atom. The Kier molecular flexibility index (Phi) is 6.49. The summed E-state index contributed by atoms with van der Waals surface area (Å²) in [6.45, 7) is 1.99. The zero-order valence-electron chi connectivity index (χ0n) is 21.0. The molecule has 2 aliphatic rings. The SMILES string of the molecule is Cc1sc(NC(=O)c2cc3ccc(=O)cc-3oc2Nc2ccccc2)nc1-c1ccc(-c2ccccc2)cc1. The number of carbonyl (C=O) groups is 1. The highest BCUT2D eigenvalue weighted by Crippen LogP contribution is 2.34. The van der Waals surface area contributed by atoms with Crippen LogP contribution in [0.25, 0.3) is 33.7 Å². The van der Waals surface area contributed by atoms with E-state index in [2.05, 4.69) is 34.9 Å². The van der Waals surface area contributed by atoms with E-state index in [1.807, 2.05) is 67.6 Å². The summed E-state index contributed by atoms with van der Waals surface area (Å²) in [5, 5.41) is 6.59. The largest absolute Gasteiger partial charge is 0.439 e. The van der Waals surface area contributed by atoms with E-state index in [-0.39, 0.29) is 17.2 Å². The van der Waals surface area contributed by atoms with Crippen molar-refractivity contribution in [3.05, 3.63) is 130 Å². The minimum Gasteiger partial charge on any atom is -0.439 e. The maximum Gasteiger partial charge on any atom is 0.262 e. The van der Waals surface area contributed by atoms with Gasteiger partial charge >= 0.3 is 0 Å². The number of fused-ring (bicyclic) bond motifs is 1. The Morgan fingerprint density at radius 2 is 1.41 bits per heavy atom. The molecule has 0 radical (unpaired) electrons. The normalized spacial score (nSPS) is 10.9. The lowest BCUT2D eigenvalue weighted by Crippen LogP contribution is -2.14. The molecule has 1 aromatic heterocycles. The summed E-state index contributed by atoms with van der Waals surface area (Å²) < 4.78 is 5.99. The van der Waals surface area contributed by atoms with Crippen LogP contribution in [0.1, 0.15) is 15.2 Å². The highest BCUT2D eigenvalue weighted by atomic mass is 32.1. The molecule has 0 unspecified atom stereocenters. The first-order valence-electron chi connectivity index (χ1n) is 12.4. The Bertz CT molecular complexity index is 1790. The van der Waals surface area contributed by atoms with Crippen molar-refractivity contribution in [2.45, 2.75) is 6.92 Å². The Morgan fingerprint density at radius 1 is 0.769 bits per heavy atom. The number of thiazole rings is 1. The van der Waals surface area contributed by atoms with Gasteiger partial charge in [-0.25, -0.2) is 4.98 Å². The third kappa shape index (κ3) is 5.21. The minimum atomic E-state index is -0.370. The number of aryl methyl sites for hydroxylation is 1. The van der Waals surface area contributed by atoms with Crippen LogP contribution >= 0.6 is 11.3 Å². The van der Waals surface area contributed by atoms with E-state index in [1.165, 1.54) is 23.5 Å². The molecule has 0 saturated heterocycles. The molecule has 1 amide bonds. The number of anilines is 3. The molecule has 190 valence electrons. The molecule has 0 saturated carbocycles. The van der Waals surface area contributed by atoms with Gasteiger partial charge in [-0.3, -0.25) is 14.9 Å². The molecule has 4 aromatic rings. The standard InChI is InChI=1S/C32H23N3O3S/c1-20-29(23-14-12-22(13-15-23)21-8-4-2-5-9-21)34-32(39-20)35-30(37)27-18-24-16-17-26(36)19-28(24)38-31(27)33-25-10-6-3-7-11-25/h2-19,33H,1H3,(H,34,35,37). The van der Waals surface area contributed by atoms with Crippen molar-refractivity contribution in [2.24, 2.45) is 0 Å². The molecule has 39 heavy (non-hydrogen) atoms. The van der Waals surface area contributed by atoms with E-state index in [1.54, 1.807) is 12.1 Å². The second-order valence-electron chi connectivity index (χ2n) is 9.00. The van der Waals surface area contributed by atoms with Crippen molar-refractivity contribution in [1.29, 1.82) is 0 Å². The van der Waals surface area contributed by atoms with Gasteiger partial charge in [-0.15, -0.1) is 11.3 Å². The molecule has 3 aromatic carbocycles. The van der Waals surface area contributed by atoms with Crippen molar-refractivity contribution in [2.75, 3.05) is 10.6 Å². The summed E-state index contributed by atoms with van der Waals surface area (Å²) in [4.78, 5) is 31.1. The molecular weight excluding hydrogens is 506 g/mol. The van der Waals surface area contributed by atoms with Crippen LogP contribution in [-0.2, 0) is 0 Å². The maximum atomic E-state index is 13.5. The van der Waals surface area contributed by atoms with E-state index < -0.39 is 0 Å². The van der Waals surface area contributed by atoms with Gasteiger partial charge in [0.25, 0.3) is 5.91 Å². The lowest BCUT2D eigenvalue weighted by molar-refractivity contribution is 0.102. The fraction of sp³-hybridized carbons (Fsp3) is 0.0312. The van der Waals surface area contributed by atoms with Gasteiger partial charge in [-0.05, 0) is 48.4 Å². The third-order valence-corrected chi connectivity index (χ3v) is 7.19. The van der Waals surface area contributed by atoms with Crippen LogP contribution in [0.4, 0.5) is 16.7 Å². The van der Waals surface area contributed by atoms with E-state index in [0.29, 0.717) is 22.0 Å². The van der Waals surface area contributed by atoms with Crippen LogP contribution < -0.4 is 16.1 Å². The molecule has 2 N–H and O–H groups in total. The van der Waals surface area contributed by atoms with E-state index in [0.717, 1.165) is 32.9 Å². The van der Waals surface area contributed by atoms with Gasteiger partial charge in [-0.1, -0.05) is 72.8 Å². The van der Waals surface area contributed by atoms with Gasteiger partial charge in [-0.2, -0.15) is 0 Å². The molecule has 6 rings (SSSR count). The fourth-order valence-electron chi connectivity index (χ4n) is 4.36. The lowest BCUT2D eigenvalue weighted by Gasteiger charge is -2.14. The zero-order chi connectivity index (χ0) is 26.8. The number of hydrogen-bond donors (Lipinski definition) is 2. The Balaban J connectivity index is 1.29. The molecular formula is C32H23N3O3S. The van der Waals surface area contributed by atoms with Crippen molar-refractivity contribution in [1.82, 2.24) is 4.98 Å². The zero-order valence-corrected chi connectivity index (χ0v) is 21.8. The number of nitrogens with one attached hydrogen (secondary N) is 2. The van der Waals surface area contributed by atoms with Crippen LogP contribution in [0.2, 0.25) is 0 Å². The van der Waals surface area contributed by atoms with Gasteiger partial charge in [0.15, 0.2) is 10.6 Å². The first-order chi connectivity index (χ1) is 19.0. The molecule has 1 aliphatic carbocycles. The number of hydrogen-bond acceptors (Lipinski definition) is 6. The first-order valence-corrected chi connectivity index (χ1v) is 13.2. The number of carbonyl (C=O) groups excluding carboxylic acids is 1. The quantitative estimate of drug-likeness (QED) is 0.230. The number of aromatic nitrogens is 1. The predicted octanol–water partition coefficient (Wildman–Crippen LogP) is 7.84. The first kappa shape index (κ1) is 24.3. The third-order valence-electron chi connectivity index (χ3n) is 6.30. The van der Waals surface area contributed by atoms with E-state index >= 15 is 0 Å². The number of nitrogens with zero attached hydrogens (tertiary/aromatic N) is 1. The van der Waals surface area contributed by atoms with Crippen molar-refractivity contribution >= 4 is 33.9 Å². The molecule has 6 nitrogen and oxygen atoms in total. The lowest BCUT2D eigenvalue weighted by atomic mass is 10.0. The van der Waals surface area contributed by atoms with Crippen molar-refractivity contribution in [3.63, 3.8) is 0 Å². The minimum absolute atomic E-state index is 0.170. The van der Waals surface area contributed by atoms with Crippen molar-refractivity contribution < 1.29 is 9.21 Å². The summed E-state index contributed by atoms with van der Waals surface area (Å²) in [5.41, 5.74) is 5.60. The van der Waals surface area contributed by atoms with Crippen LogP contribution in [0, 0.1) is 6.92 Å². The molecule has 0 atom stereocenters. The molecule has 7 heteroatoms. The summed E-state index contributed by atoms with van der Waals surface area (Å²) in [7, 11) is 0. The molecule has 0 spiro atoms. The van der Waals surface area contributed by atoms with Crippen LogP contribution in [0.3, 0.4) is 0 Å². The smallest absolute Gasteiger partial charge is 0.262 e. The average molecular weight is 530 g/mol. The summed E-state index contributed by atoms with van der Waals surface area (Å²) in [6, 6.07) is 34.1. The fourth-order valence-corrected chi connectivity index (χ4v) is 5.19. The average Bonchev–Trinajstić information content (AvgIpc) is 3.33. The molecule has 1 aliphatic heterocycles. The molecule has 0 bridgehead atoms. The second kappa shape index (κ2) is 10.4. The monoisotopic (exact) mass is 529 g/mol. The topological polar surface area (TPSA) is 84.2 Å². The summed E-state index contributed by atoms with van der Waals surface area (Å²) in [5.74, 6) is 0.260. The summed E-state index contributed by atoms with van der Waals surface area (Å²) >= 11 is 1.41.